The van der Waals surface area contributed by atoms with Crippen molar-refractivity contribution in [3.8, 4) is 11.1 Å². The van der Waals surface area contributed by atoms with E-state index in [0.29, 0.717) is 0 Å². The molecule has 0 saturated heterocycles. The van der Waals surface area contributed by atoms with Crippen molar-refractivity contribution in [2.45, 2.75) is 26.2 Å². The van der Waals surface area contributed by atoms with Crippen LogP contribution in [-0.2, 0) is 6.42 Å². The van der Waals surface area contributed by atoms with Crippen LogP contribution in [0.2, 0.25) is 0 Å². The lowest BCUT2D eigenvalue weighted by molar-refractivity contribution is 1.15. The van der Waals surface area contributed by atoms with Crippen LogP contribution < -0.4 is 0 Å². The van der Waals surface area contributed by atoms with Crippen LogP contribution in [0.1, 0.15) is 36.5 Å². The Bertz CT molecular complexity index is 744. The van der Waals surface area contributed by atoms with Crippen LogP contribution in [0.3, 0.4) is 0 Å². The third-order valence-electron chi connectivity index (χ3n) is 4.55. The first-order valence-electron chi connectivity index (χ1n) is 7.47. The molecule has 0 spiro atoms. The summed E-state index contributed by atoms with van der Waals surface area (Å²) >= 11 is 0. The highest BCUT2D eigenvalue weighted by atomic mass is 14.2. The SMILES string of the molecule is CCC1=C(c2ccc3c(c2)Cc2ccccc2-3)CC=C1. The second-order valence-corrected chi connectivity index (χ2v) is 5.67. The molecular weight excluding hydrogens is 240 g/mol. The molecule has 0 N–H and O–H groups in total. The minimum atomic E-state index is 1.08. The van der Waals surface area contributed by atoms with E-state index in [1.54, 1.807) is 0 Å². The number of fused-ring (bicyclic) bond motifs is 3. The van der Waals surface area contributed by atoms with Gasteiger partial charge in [-0.3, -0.25) is 0 Å². The highest BCUT2D eigenvalue weighted by Gasteiger charge is 2.19. The van der Waals surface area contributed by atoms with Gasteiger partial charge in [-0.25, -0.2) is 0 Å². The first-order chi connectivity index (χ1) is 9.86. The zero-order chi connectivity index (χ0) is 13.5. The minimum absolute atomic E-state index is 1.08. The van der Waals surface area contributed by atoms with Gasteiger partial charge in [-0.15, -0.1) is 0 Å². The van der Waals surface area contributed by atoms with Gasteiger partial charge in [0.15, 0.2) is 0 Å². The summed E-state index contributed by atoms with van der Waals surface area (Å²) in [6.07, 6.45) is 7.88. The molecule has 0 aliphatic heterocycles. The summed E-state index contributed by atoms with van der Waals surface area (Å²) in [5.41, 5.74) is 10.2. The Balaban J connectivity index is 1.80. The van der Waals surface area contributed by atoms with Crippen LogP contribution in [0.4, 0.5) is 0 Å². The highest BCUT2D eigenvalue weighted by molar-refractivity contribution is 5.81. The summed E-state index contributed by atoms with van der Waals surface area (Å²) in [4.78, 5) is 0. The van der Waals surface area contributed by atoms with E-state index in [1.165, 1.54) is 39.0 Å². The summed E-state index contributed by atoms with van der Waals surface area (Å²) in [5, 5.41) is 0. The van der Waals surface area contributed by atoms with Gasteiger partial charge in [0.05, 0.1) is 0 Å². The monoisotopic (exact) mass is 258 g/mol. The fourth-order valence-electron chi connectivity index (χ4n) is 3.52. The van der Waals surface area contributed by atoms with Crippen molar-refractivity contribution in [3.63, 3.8) is 0 Å². The van der Waals surface area contributed by atoms with Crippen LogP contribution in [0.25, 0.3) is 16.7 Å². The van der Waals surface area contributed by atoms with Gasteiger partial charge < -0.3 is 0 Å². The second-order valence-electron chi connectivity index (χ2n) is 5.67. The van der Waals surface area contributed by atoms with Crippen molar-refractivity contribution >= 4 is 5.57 Å². The molecule has 0 nitrogen and oxygen atoms in total. The molecule has 0 heteroatoms. The van der Waals surface area contributed by atoms with E-state index in [9.17, 15) is 0 Å². The van der Waals surface area contributed by atoms with Crippen LogP contribution in [0.15, 0.2) is 60.2 Å². The molecular formula is C20H18. The Morgan fingerprint density at radius 2 is 1.80 bits per heavy atom. The van der Waals surface area contributed by atoms with Crippen molar-refractivity contribution in [2.75, 3.05) is 0 Å². The molecule has 2 aromatic carbocycles. The molecule has 0 saturated carbocycles. The number of allylic oxidation sites excluding steroid dienone is 4. The molecule has 0 unspecified atom stereocenters. The maximum atomic E-state index is 2.41. The summed E-state index contributed by atoms with van der Waals surface area (Å²) in [7, 11) is 0. The lowest BCUT2D eigenvalue weighted by atomic mass is 9.96. The second kappa shape index (κ2) is 4.49. The van der Waals surface area contributed by atoms with Gasteiger partial charge in [-0.2, -0.15) is 0 Å². The zero-order valence-corrected chi connectivity index (χ0v) is 11.8. The number of rotatable bonds is 2. The third-order valence-corrected chi connectivity index (χ3v) is 4.55. The van der Waals surface area contributed by atoms with Crippen molar-refractivity contribution in [3.05, 3.63) is 76.9 Å². The lowest BCUT2D eigenvalue weighted by Crippen LogP contribution is -1.88. The fraction of sp³-hybridized carbons (Fsp3) is 0.200. The van der Waals surface area contributed by atoms with Crippen LogP contribution in [0.5, 0.6) is 0 Å². The summed E-state index contributed by atoms with van der Waals surface area (Å²) in [6.45, 7) is 2.24. The molecule has 0 amide bonds. The molecule has 2 aliphatic carbocycles. The van der Waals surface area contributed by atoms with Crippen LogP contribution >= 0.6 is 0 Å². The van der Waals surface area contributed by atoms with E-state index in [2.05, 4.69) is 61.5 Å². The Kier molecular flexibility index (Phi) is 2.63. The first-order valence-corrected chi connectivity index (χ1v) is 7.47. The predicted octanol–water partition coefficient (Wildman–Crippen LogP) is 5.38. The van der Waals surface area contributed by atoms with E-state index in [-0.39, 0.29) is 0 Å². The maximum Gasteiger partial charge on any atom is -0.00132 e. The Morgan fingerprint density at radius 3 is 2.70 bits per heavy atom. The van der Waals surface area contributed by atoms with Crippen molar-refractivity contribution in [2.24, 2.45) is 0 Å². The van der Waals surface area contributed by atoms with Crippen molar-refractivity contribution in [1.82, 2.24) is 0 Å². The van der Waals surface area contributed by atoms with Gasteiger partial charge >= 0.3 is 0 Å². The molecule has 0 atom stereocenters. The van der Waals surface area contributed by atoms with Gasteiger partial charge in [-0.05, 0) is 58.2 Å². The average molecular weight is 258 g/mol. The molecule has 0 aromatic heterocycles. The molecule has 98 valence electrons. The van der Waals surface area contributed by atoms with Crippen molar-refractivity contribution in [1.29, 1.82) is 0 Å². The minimum Gasteiger partial charge on any atom is -0.0798 e. The Hall–Kier alpha value is -2.08. The normalized spacial score (nSPS) is 15.7. The zero-order valence-electron chi connectivity index (χ0n) is 11.8. The summed E-state index contributed by atoms with van der Waals surface area (Å²) in [5.74, 6) is 0. The Morgan fingerprint density at radius 1 is 0.950 bits per heavy atom. The lowest BCUT2D eigenvalue weighted by Gasteiger charge is -2.09. The van der Waals surface area contributed by atoms with Gasteiger partial charge in [0, 0.05) is 0 Å². The van der Waals surface area contributed by atoms with E-state index < -0.39 is 0 Å². The summed E-state index contributed by atoms with van der Waals surface area (Å²) < 4.78 is 0. The molecule has 20 heavy (non-hydrogen) atoms. The van der Waals surface area contributed by atoms with Gasteiger partial charge in [0.1, 0.15) is 0 Å². The Labute approximate surface area is 120 Å². The summed E-state index contributed by atoms with van der Waals surface area (Å²) in [6, 6.07) is 15.8. The fourth-order valence-corrected chi connectivity index (χ4v) is 3.52. The van der Waals surface area contributed by atoms with E-state index >= 15 is 0 Å². The highest BCUT2D eigenvalue weighted by Crippen LogP contribution is 2.39. The molecule has 0 fully saturated rings. The third kappa shape index (κ3) is 1.68. The smallest absolute Gasteiger partial charge is 0.00132 e. The molecule has 4 rings (SSSR count). The van der Waals surface area contributed by atoms with E-state index in [0.717, 1.165) is 19.3 Å². The molecule has 2 aromatic rings. The molecule has 2 aliphatic rings. The van der Waals surface area contributed by atoms with Gasteiger partial charge in [-0.1, -0.05) is 61.5 Å². The number of hydrogen-bond donors (Lipinski definition) is 0. The van der Waals surface area contributed by atoms with Crippen molar-refractivity contribution < 1.29 is 0 Å². The average Bonchev–Trinajstić information content (AvgIpc) is 3.10. The maximum absolute atomic E-state index is 2.41. The molecule has 0 heterocycles. The van der Waals surface area contributed by atoms with Gasteiger partial charge in [0.25, 0.3) is 0 Å². The van der Waals surface area contributed by atoms with Crippen LogP contribution in [0, 0.1) is 0 Å². The number of hydrogen-bond acceptors (Lipinski definition) is 0. The van der Waals surface area contributed by atoms with E-state index in [4.69, 9.17) is 0 Å². The predicted molar refractivity (Wildman–Crippen MR) is 85.7 cm³/mol. The molecule has 0 bridgehead atoms. The molecule has 0 radical (unpaired) electrons. The van der Waals surface area contributed by atoms with Gasteiger partial charge in [0.2, 0.25) is 0 Å². The number of benzene rings is 2. The largest absolute Gasteiger partial charge is 0.0798 e. The quantitative estimate of drug-likeness (QED) is 0.578. The van der Waals surface area contributed by atoms with E-state index in [1.807, 2.05) is 0 Å². The first kappa shape index (κ1) is 11.7. The van der Waals surface area contributed by atoms with Crippen LogP contribution in [-0.4, -0.2) is 0 Å². The topological polar surface area (TPSA) is 0 Å². The standard InChI is InChI=1S/C20H18/c1-2-14-7-5-9-18(14)16-10-11-20-17(13-16)12-15-6-3-4-8-19(15)20/h3-8,10-11,13H,2,9,12H2,1H3.